The predicted molar refractivity (Wildman–Crippen MR) is 110 cm³/mol. The van der Waals surface area contributed by atoms with Gasteiger partial charge in [-0.3, -0.25) is 9.48 Å². The molecule has 0 saturated carbocycles. The molecule has 0 saturated heterocycles. The second-order valence-corrected chi connectivity index (χ2v) is 7.37. The maximum absolute atomic E-state index is 14.6. The van der Waals surface area contributed by atoms with Crippen LogP contribution < -0.4 is 5.32 Å². The van der Waals surface area contributed by atoms with Crippen LogP contribution in [0.15, 0.2) is 88.0 Å². The largest absolute Gasteiger partial charge is 0.454 e. The summed E-state index contributed by atoms with van der Waals surface area (Å²) < 4.78 is 22.6. The number of halogens is 2. The van der Waals surface area contributed by atoms with Crippen molar-refractivity contribution in [1.82, 2.24) is 15.1 Å². The summed E-state index contributed by atoms with van der Waals surface area (Å²) in [6.07, 6.45) is 3.48. The van der Waals surface area contributed by atoms with Crippen LogP contribution in [0.4, 0.5) is 4.39 Å². The first-order valence-corrected chi connectivity index (χ1v) is 9.76. The maximum atomic E-state index is 14.6. The maximum Gasteiger partial charge on any atom is 0.287 e. The molecular formula is C22H17BrFN3O2. The Balaban J connectivity index is 1.59. The number of carbonyl (C=O) groups is 1. The molecule has 0 bridgehead atoms. The lowest BCUT2D eigenvalue weighted by Crippen LogP contribution is -2.29. The molecule has 0 aliphatic rings. The lowest BCUT2D eigenvalue weighted by Gasteiger charge is -2.20. The minimum Gasteiger partial charge on any atom is -0.454 e. The van der Waals surface area contributed by atoms with Crippen molar-refractivity contribution in [3.63, 3.8) is 0 Å². The lowest BCUT2D eigenvalue weighted by molar-refractivity contribution is 0.0912. The number of rotatable bonds is 6. The monoisotopic (exact) mass is 453 g/mol. The molecule has 0 spiro atoms. The van der Waals surface area contributed by atoms with Gasteiger partial charge < -0.3 is 9.73 Å². The number of amides is 1. The fourth-order valence-corrected chi connectivity index (χ4v) is 3.40. The first kappa shape index (κ1) is 19.1. The number of hydrogen-bond donors (Lipinski definition) is 1. The Labute approximate surface area is 175 Å². The minimum absolute atomic E-state index is 0.158. The van der Waals surface area contributed by atoms with Gasteiger partial charge >= 0.3 is 0 Å². The van der Waals surface area contributed by atoms with Crippen molar-refractivity contribution in [2.75, 3.05) is 0 Å². The molecule has 0 aliphatic heterocycles. The third kappa shape index (κ3) is 4.46. The van der Waals surface area contributed by atoms with Crippen molar-refractivity contribution in [2.24, 2.45) is 0 Å². The molecular weight excluding hydrogens is 437 g/mol. The molecule has 0 radical (unpaired) electrons. The third-order valence-electron chi connectivity index (χ3n) is 4.44. The molecule has 2 heterocycles. The zero-order valence-electron chi connectivity index (χ0n) is 15.3. The molecule has 0 fully saturated rings. The van der Waals surface area contributed by atoms with E-state index in [9.17, 15) is 9.18 Å². The molecule has 1 amide bonds. The number of furan rings is 1. The standard InChI is InChI=1S/C22H17BrFN3O2/c23-16-7-9-18(19(24)13-16)21(15-5-2-1-3-6-15)26-22(28)20-10-8-17(29-20)14-27-12-4-11-25-27/h1-13,21H,14H2,(H,26,28). The van der Waals surface area contributed by atoms with Crippen molar-refractivity contribution in [2.45, 2.75) is 12.6 Å². The summed E-state index contributed by atoms with van der Waals surface area (Å²) in [7, 11) is 0. The fraction of sp³-hybridized carbons (Fsp3) is 0.0909. The van der Waals surface area contributed by atoms with Crippen LogP contribution in [0.25, 0.3) is 0 Å². The fourth-order valence-electron chi connectivity index (χ4n) is 3.06. The van der Waals surface area contributed by atoms with E-state index in [0.717, 1.165) is 5.56 Å². The number of benzene rings is 2. The highest BCUT2D eigenvalue weighted by atomic mass is 79.9. The first-order valence-electron chi connectivity index (χ1n) is 8.97. The zero-order valence-corrected chi connectivity index (χ0v) is 16.8. The number of nitrogens with zero attached hydrogens (tertiary/aromatic N) is 2. The molecule has 5 nitrogen and oxygen atoms in total. The summed E-state index contributed by atoms with van der Waals surface area (Å²) in [6, 6.07) is 18.5. The number of hydrogen-bond acceptors (Lipinski definition) is 3. The van der Waals surface area contributed by atoms with Crippen molar-refractivity contribution >= 4 is 21.8 Å². The number of aromatic nitrogens is 2. The van der Waals surface area contributed by atoms with Gasteiger partial charge in [-0.1, -0.05) is 52.3 Å². The Hall–Kier alpha value is -3.19. The predicted octanol–water partition coefficient (Wildman–Crippen LogP) is 4.95. The average molecular weight is 454 g/mol. The molecule has 146 valence electrons. The van der Waals surface area contributed by atoms with E-state index in [-0.39, 0.29) is 5.76 Å². The van der Waals surface area contributed by atoms with Crippen LogP contribution in [0, 0.1) is 5.82 Å². The third-order valence-corrected chi connectivity index (χ3v) is 4.94. The van der Waals surface area contributed by atoms with Crippen LogP contribution in [0.2, 0.25) is 0 Å². The van der Waals surface area contributed by atoms with E-state index >= 15 is 0 Å². The normalized spacial score (nSPS) is 11.9. The number of nitrogens with one attached hydrogen (secondary N) is 1. The van der Waals surface area contributed by atoms with Crippen LogP contribution in [-0.4, -0.2) is 15.7 Å². The molecule has 1 N–H and O–H groups in total. The highest BCUT2D eigenvalue weighted by molar-refractivity contribution is 9.10. The summed E-state index contributed by atoms with van der Waals surface area (Å²) in [4.78, 5) is 12.8. The average Bonchev–Trinajstić information content (AvgIpc) is 3.40. The highest BCUT2D eigenvalue weighted by Gasteiger charge is 2.22. The van der Waals surface area contributed by atoms with Crippen molar-refractivity contribution in [3.05, 3.63) is 112 Å². The summed E-state index contributed by atoms with van der Waals surface area (Å²) in [5.74, 6) is -0.0734. The van der Waals surface area contributed by atoms with Gasteiger partial charge in [0.05, 0.1) is 12.6 Å². The topological polar surface area (TPSA) is 60.1 Å². The van der Waals surface area contributed by atoms with Gasteiger partial charge in [-0.05, 0) is 35.9 Å². The van der Waals surface area contributed by atoms with Gasteiger partial charge in [-0.25, -0.2) is 4.39 Å². The Bertz CT molecular complexity index is 1110. The van der Waals surface area contributed by atoms with Gasteiger partial charge in [-0.2, -0.15) is 5.10 Å². The Kier molecular flexibility index (Phi) is 5.57. The lowest BCUT2D eigenvalue weighted by atomic mass is 9.98. The van der Waals surface area contributed by atoms with Crippen LogP contribution >= 0.6 is 15.9 Å². The molecule has 29 heavy (non-hydrogen) atoms. The quantitative estimate of drug-likeness (QED) is 0.449. The van der Waals surface area contributed by atoms with Crippen molar-refractivity contribution < 1.29 is 13.6 Å². The van der Waals surface area contributed by atoms with E-state index in [1.807, 2.05) is 42.6 Å². The van der Waals surface area contributed by atoms with Gasteiger partial charge in [0.15, 0.2) is 5.76 Å². The first-order chi connectivity index (χ1) is 14.1. The van der Waals surface area contributed by atoms with Crippen LogP contribution in [0.3, 0.4) is 0 Å². The van der Waals surface area contributed by atoms with Gasteiger partial charge in [0.1, 0.15) is 11.6 Å². The zero-order chi connectivity index (χ0) is 20.2. The molecule has 2 aromatic heterocycles. The molecule has 7 heteroatoms. The van der Waals surface area contributed by atoms with Gasteiger partial charge in [-0.15, -0.1) is 0 Å². The van der Waals surface area contributed by atoms with Crippen LogP contribution in [-0.2, 0) is 6.54 Å². The Morgan fingerprint density at radius 2 is 1.97 bits per heavy atom. The minimum atomic E-state index is -0.656. The van der Waals surface area contributed by atoms with E-state index in [1.54, 1.807) is 35.1 Å². The van der Waals surface area contributed by atoms with Crippen LogP contribution in [0.1, 0.15) is 33.5 Å². The summed E-state index contributed by atoms with van der Waals surface area (Å²) in [6.45, 7) is 0.420. The SMILES string of the molecule is O=C(NC(c1ccccc1)c1ccc(Br)cc1F)c1ccc(Cn2cccn2)o1. The van der Waals surface area contributed by atoms with Gasteiger partial charge in [0.25, 0.3) is 5.91 Å². The van der Waals surface area contributed by atoms with Gasteiger partial charge in [0, 0.05) is 22.4 Å². The summed E-state index contributed by atoms with van der Waals surface area (Å²) >= 11 is 3.27. The highest BCUT2D eigenvalue weighted by Crippen LogP contribution is 2.27. The molecule has 4 aromatic rings. The molecule has 1 atom stereocenters. The van der Waals surface area contributed by atoms with Crippen molar-refractivity contribution in [1.29, 1.82) is 0 Å². The Morgan fingerprint density at radius 3 is 2.69 bits per heavy atom. The van der Waals surface area contributed by atoms with Crippen LogP contribution in [0.5, 0.6) is 0 Å². The molecule has 1 unspecified atom stereocenters. The summed E-state index contributed by atoms with van der Waals surface area (Å²) in [5.41, 5.74) is 1.14. The second-order valence-electron chi connectivity index (χ2n) is 6.45. The van der Waals surface area contributed by atoms with E-state index < -0.39 is 17.8 Å². The summed E-state index contributed by atoms with van der Waals surface area (Å²) in [5, 5.41) is 7.01. The number of carbonyl (C=O) groups excluding carboxylic acids is 1. The van der Waals surface area contributed by atoms with E-state index in [4.69, 9.17) is 4.42 Å². The van der Waals surface area contributed by atoms with E-state index in [0.29, 0.717) is 22.3 Å². The molecule has 4 rings (SSSR count). The van der Waals surface area contributed by atoms with E-state index in [2.05, 4.69) is 26.3 Å². The second kappa shape index (κ2) is 8.45. The molecule has 0 aliphatic carbocycles. The van der Waals surface area contributed by atoms with Gasteiger partial charge in [0.2, 0.25) is 0 Å². The Morgan fingerprint density at radius 1 is 1.14 bits per heavy atom. The molecule has 2 aromatic carbocycles. The van der Waals surface area contributed by atoms with Crippen molar-refractivity contribution in [3.8, 4) is 0 Å². The van der Waals surface area contributed by atoms with E-state index in [1.165, 1.54) is 6.07 Å². The smallest absolute Gasteiger partial charge is 0.287 e.